The maximum Gasteiger partial charge on any atom is 0.254 e. The molecule has 3 fully saturated rings. The molecule has 0 bridgehead atoms. The van der Waals surface area contributed by atoms with Crippen LogP contribution in [0, 0.1) is 0 Å². The molecule has 0 radical (unpaired) electrons. The molecule has 28 heavy (non-hydrogen) atoms. The minimum Gasteiger partial charge on any atom is -0.381 e. The number of carbonyl (C=O) groups excluding carboxylic acids is 1. The number of hydrogen-bond acceptors (Lipinski definition) is 3. The van der Waals surface area contributed by atoms with Crippen molar-refractivity contribution in [3.8, 4) is 0 Å². The Morgan fingerprint density at radius 2 is 1.57 bits per heavy atom. The average molecular weight is 385 g/mol. The molecule has 1 aromatic rings. The lowest BCUT2D eigenvalue weighted by Gasteiger charge is -2.42. The van der Waals surface area contributed by atoms with Crippen molar-refractivity contribution in [2.45, 2.75) is 70.5 Å². The van der Waals surface area contributed by atoms with E-state index in [4.69, 9.17) is 4.74 Å². The Kier molecular flexibility index (Phi) is 7.69. The molecule has 4 nitrogen and oxygen atoms in total. The Morgan fingerprint density at radius 1 is 1.00 bits per heavy atom. The summed E-state index contributed by atoms with van der Waals surface area (Å²) in [6.07, 6.45) is 8.66. The van der Waals surface area contributed by atoms with Crippen LogP contribution in [0.15, 0.2) is 30.8 Å². The van der Waals surface area contributed by atoms with Gasteiger partial charge in [0.15, 0.2) is 0 Å². The predicted octanol–water partition coefficient (Wildman–Crippen LogP) is 4.60. The highest BCUT2D eigenvalue weighted by atomic mass is 16.5. The van der Waals surface area contributed by atoms with Gasteiger partial charge < -0.3 is 14.5 Å². The lowest BCUT2D eigenvalue weighted by Crippen LogP contribution is -2.51. The molecule has 154 valence electrons. The average Bonchev–Trinajstić information content (AvgIpc) is 3.61. The van der Waals surface area contributed by atoms with Gasteiger partial charge in [-0.15, -0.1) is 0 Å². The van der Waals surface area contributed by atoms with Crippen LogP contribution in [0.1, 0.15) is 68.3 Å². The van der Waals surface area contributed by atoms with Crippen LogP contribution >= 0.6 is 0 Å². The molecule has 2 aliphatic heterocycles. The maximum absolute atomic E-state index is 13.2. The summed E-state index contributed by atoms with van der Waals surface area (Å²) in [7, 11) is 0. The molecule has 0 spiro atoms. The van der Waals surface area contributed by atoms with Gasteiger partial charge in [-0.05, 0) is 56.2 Å². The third-order valence-electron chi connectivity index (χ3n) is 6.17. The van der Waals surface area contributed by atoms with E-state index in [-0.39, 0.29) is 5.91 Å². The molecule has 4 rings (SSSR count). The Labute approximate surface area is 170 Å². The zero-order valence-corrected chi connectivity index (χ0v) is 17.6. The van der Waals surface area contributed by atoms with Crippen molar-refractivity contribution in [2.75, 3.05) is 26.3 Å². The third kappa shape index (κ3) is 5.03. The molecule has 4 heteroatoms. The van der Waals surface area contributed by atoms with E-state index in [0.717, 1.165) is 76.0 Å². The van der Waals surface area contributed by atoms with E-state index < -0.39 is 0 Å². The molecular formula is C24H36N2O2. The van der Waals surface area contributed by atoms with E-state index in [2.05, 4.69) is 16.4 Å². The van der Waals surface area contributed by atoms with Gasteiger partial charge in [-0.1, -0.05) is 38.6 Å². The standard InChI is InChI=1S/C22H30N2O2.C2H6/c1-2-17-3-5-18(6-4-17)22(25)24(20-7-8-20)21-9-13-23(14-10-21)19-11-15-26-16-12-19;1-2/h2-6,19-21H,1,7-16H2;1-2H3. The molecule has 0 aromatic heterocycles. The monoisotopic (exact) mass is 384 g/mol. The normalized spacial score (nSPS) is 21.5. The lowest BCUT2D eigenvalue weighted by molar-refractivity contribution is 0.0126. The first-order valence-corrected chi connectivity index (χ1v) is 11.1. The molecule has 0 N–H and O–H groups in total. The van der Waals surface area contributed by atoms with Crippen LogP contribution in [0.25, 0.3) is 6.08 Å². The van der Waals surface area contributed by atoms with Gasteiger partial charge in [0.1, 0.15) is 0 Å². The van der Waals surface area contributed by atoms with Crippen molar-refractivity contribution in [1.82, 2.24) is 9.80 Å². The van der Waals surface area contributed by atoms with Gasteiger partial charge in [0.2, 0.25) is 0 Å². The van der Waals surface area contributed by atoms with Crippen molar-refractivity contribution in [2.24, 2.45) is 0 Å². The molecule has 0 unspecified atom stereocenters. The Morgan fingerprint density at radius 3 is 2.11 bits per heavy atom. The van der Waals surface area contributed by atoms with Crippen molar-refractivity contribution < 1.29 is 9.53 Å². The van der Waals surface area contributed by atoms with Crippen molar-refractivity contribution in [3.63, 3.8) is 0 Å². The summed E-state index contributed by atoms with van der Waals surface area (Å²) in [4.78, 5) is 18.0. The fourth-order valence-electron chi connectivity index (χ4n) is 4.47. The smallest absolute Gasteiger partial charge is 0.254 e. The highest BCUT2D eigenvalue weighted by Gasteiger charge is 2.39. The van der Waals surface area contributed by atoms with Crippen LogP contribution in [0.5, 0.6) is 0 Å². The first-order chi connectivity index (χ1) is 13.8. The number of hydrogen-bond donors (Lipinski definition) is 0. The second kappa shape index (κ2) is 10.2. The topological polar surface area (TPSA) is 32.8 Å². The zero-order chi connectivity index (χ0) is 19.9. The number of rotatable bonds is 5. The SMILES string of the molecule is C=Cc1ccc(C(=O)N(C2CC2)C2CCN(C3CCOCC3)CC2)cc1.CC. The first kappa shape index (κ1) is 21.1. The molecule has 0 atom stereocenters. The van der Waals surface area contributed by atoms with Crippen molar-refractivity contribution >= 4 is 12.0 Å². The fourth-order valence-corrected chi connectivity index (χ4v) is 4.47. The molecule has 1 amide bonds. The predicted molar refractivity (Wildman–Crippen MR) is 116 cm³/mol. The molecule has 2 heterocycles. The summed E-state index contributed by atoms with van der Waals surface area (Å²) in [6, 6.07) is 9.41. The van der Waals surface area contributed by atoms with Gasteiger partial charge in [0, 0.05) is 50.0 Å². The number of likely N-dealkylation sites (tertiary alicyclic amines) is 1. The van der Waals surface area contributed by atoms with Gasteiger partial charge in [-0.25, -0.2) is 0 Å². The van der Waals surface area contributed by atoms with Crippen LogP contribution in [-0.4, -0.2) is 60.1 Å². The highest BCUT2D eigenvalue weighted by Crippen LogP contribution is 2.34. The van der Waals surface area contributed by atoms with Crippen LogP contribution in [-0.2, 0) is 4.74 Å². The maximum atomic E-state index is 13.2. The number of benzene rings is 1. The summed E-state index contributed by atoms with van der Waals surface area (Å²) >= 11 is 0. The summed E-state index contributed by atoms with van der Waals surface area (Å²) in [5.41, 5.74) is 1.87. The quantitative estimate of drug-likeness (QED) is 0.743. The van der Waals surface area contributed by atoms with Gasteiger partial charge in [-0.2, -0.15) is 0 Å². The minimum absolute atomic E-state index is 0.215. The van der Waals surface area contributed by atoms with Crippen LogP contribution in [0.2, 0.25) is 0 Å². The Balaban J connectivity index is 0.00000109. The minimum atomic E-state index is 0.215. The second-order valence-electron chi connectivity index (χ2n) is 7.88. The molecule has 1 aliphatic carbocycles. The lowest BCUT2D eigenvalue weighted by atomic mass is 9.97. The molecule has 1 saturated carbocycles. The van der Waals surface area contributed by atoms with Gasteiger partial charge >= 0.3 is 0 Å². The second-order valence-corrected chi connectivity index (χ2v) is 7.88. The van der Waals surface area contributed by atoms with Gasteiger partial charge in [-0.3, -0.25) is 4.79 Å². The first-order valence-electron chi connectivity index (χ1n) is 11.1. The number of nitrogens with zero attached hydrogens (tertiary/aromatic N) is 2. The van der Waals surface area contributed by atoms with Crippen molar-refractivity contribution in [3.05, 3.63) is 42.0 Å². The van der Waals surface area contributed by atoms with Gasteiger partial charge in [0.25, 0.3) is 5.91 Å². The third-order valence-corrected chi connectivity index (χ3v) is 6.17. The Bertz CT molecular complexity index is 625. The van der Waals surface area contributed by atoms with E-state index >= 15 is 0 Å². The van der Waals surface area contributed by atoms with E-state index in [1.54, 1.807) is 0 Å². The summed E-state index contributed by atoms with van der Waals surface area (Å²) in [5, 5.41) is 0. The number of amides is 1. The van der Waals surface area contributed by atoms with E-state index in [9.17, 15) is 4.79 Å². The fraction of sp³-hybridized carbons (Fsp3) is 0.625. The summed E-state index contributed by atoms with van der Waals surface area (Å²) < 4.78 is 5.50. The van der Waals surface area contributed by atoms with E-state index in [1.165, 1.54) is 0 Å². The highest BCUT2D eigenvalue weighted by molar-refractivity contribution is 5.95. The van der Waals surface area contributed by atoms with Crippen LogP contribution in [0.4, 0.5) is 0 Å². The number of ether oxygens (including phenoxy) is 1. The molecular weight excluding hydrogens is 348 g/mol. The van der Waals surface area contributed by atoms with Crippen molar-refractivity contribution in [1.29, 1.82) is 0 Å². The van der Waals surface area contributed by atoms with Gasteiger partial charge in [0.05, 0.1) is 0 Å². The largest absolute Gasteiger partial charge is 0.381 e. The summed E-state index contributed by atoms with van der Waals surface area (Å²) in [6.45, 7) is 11.8. The Hall–Kier alpha value is -1.65. The molecule has 3 aliphatic rings. The zero-order valence-electron chi connectivity index (χ0n) is 17.6. The summed E-state index contributed by atoms with van der Waals surface area (Å²) in [5.74, 6) is 0.215. The van der Waals surface area contributed by atoms with E-state index in [0.29, 0.717) is 18.1 Å². The number of carbonyl (C=O) groups is 1. The van der Waals surface area contributed by atoms with Crippen LogP contribution in [0.3, 0.4) is 0 Å². The van der Waals surface area contributed by atoms with E-state index in [1.807, 2.05) is 44.2 Å². The molecule has 1 aromatic carbocycles. The van der Waals surface area contributed by atoms with Crippen LogP contribution < -0.4 is 0 Å². The molecule has 2 saturated heterocycles. The number of piperidine rings is 1.